The smallest absolute Gasteiger partial charge is 0.0641 e. The fourth-order valence-corrected chi connectivity index (χ4v) is 4.96. The minimum atomic E-state index is 0.122. The summed E-state index contributed by atoms with van der Waals surface area (Å²) in [6, 6.07) is 18.4. The van der Waals surface area contributed by atoms with Crippen LogP contribution in [0.15, 0.2) is 48.5 Å². The molecule has 0 N–H and O–H groups in total. The third-order valence-corrected chi connectivity index (χ3v) is 6.05. The fraction of sp³-hybridized carbons (Fsp3) is 0.400. The van der Waals surface area contributed by atoms with Gasteiger partial charge in [-0.1, -0.05) is 49.4 Å². The summed E-state index contributed by atoms with van der Waals surface area (Å²) >= 11 is 0. The molecule has 1 fully saturated rings. The van der Waals surface area contributed by atoms with Crippen molar-refractivity contribution in [2.75, 3.05) is 4.90 Å². The number of hydrogen-bond donors (Lipinski definition) is 0. The Morgan fingerprint density at radius 2 is 1.57 bits per heavy atom. The number of benzene rings is 2. The fourth-order valence-electron chi connectivity index (χ4n) is 4.96. The Hall–Kier alpha value is -1.76. The highest BCUT2D eigenvalue weighted by atomic mass is 15.3. The van der Waals surface area contributed by atoms with Gasteiger partial charge in [-0.3, -0.25) is 0 Å². The number of anilines is 1. The quantitative estimate of drug-likeness (QED) is 0.725. The predicted molar refractivity (Wildman–Crippen MR) is 88.9 cm³/mol. The van der Waals surface area contributed by atoms with Crippen LogP contribution in [0.25, 0.3) is 0 Å². The van der Waals surface area contributed by atoms with Crippen LogP contribution in [0.1, 0.15) is 43.9 Å². The van der Waals surface area contributed by atoms with Crippen molar-refractivity contribution in [3.63, 3.8) is 0 Å². The number of para-hydroxylation sites is 1. The Morgan fingerprint density at radius 1 is 0.952 bits per heavy atom. The van der Waals surface area contributed by atoms with Crippen molar-refractivity contribution in [1.82, 2.24) is 0 Å². The highest BCUT2D eigenvalue weighted by molar-refractivity contribution is 5.65. The summed E-state index contributed by atoms with van der Waals surface area (Å²) in [5, 5.41) is 0. The van der Waals surface area contributed by atoms with E-state index in [4.69, 9.17) is 0 Å². The van der Waals surface area contributed by atoms with Gasteiger partial charge >= 0.3 is 0 Å². The SMILES string of the molecule is Cc1ccccc1N1C(C)C2(C)CC1(C)c1ccccc12. The number of aryl methyl sites for hydroxylation is 1. The maximum absolute atomic E-state index is 2.67. The average molecular weight is 277 g/mol. The normalized spacial score (nSPS) is 33.3. The van der Waals surface area contributed by atoms with E-state index in [0.717, 1.165) is 0 Å². The highest BCUT2D eigenvalue weighted by Crippen LogP contribution is 2.61. The van der Waals surface area contributed by atoms with E-state index in [1.807, 2.05) is 0 Å². The maximum atomic E-state index is 2.67. The zero-order valence-corrected chi connectivity index (χ0v) is 13.4. The maximum Gasteiger partial charge on any atom is 0.0641 e. The zero-order valence-electron chi connectivity index (χ0n) is 13.4. The summed E-state index contributed by atoms with van der Waals surface area (Å²) in [6.07, 6.45) is 1.22. The second-order valence-corrected chi connectivity index (χ2v) is 7.25. The molecule has 1 nitrogen and oxygen atoms in total. The van der Waals surface area contributed by atoms with Crippen molar-refractivity contribution < 1.29 is 0 Å². The van der Waals surface area contributed by atoms with Gasteiger partial charge in [0.15, 0.2) is 0 Å². The monoisotopic (exact) mass is 277 g/mol. The molecule has 3 unspecified atom stereocenters. The van der Waals surface area contributed by atoms with Crippen LogP contribution >= 0.6 is 0 Å². The summed E-state index contributed by atoms with van der Waals surface area (Å²) in [4.78, 5) is 2.67. The van der Waals surface area contributed by atoms with Gasteiger partial charge in [0, 0.05) is 17.1 Å². The summed E-state index contributed by atoms with van der Waals surface area (Å²) < 4.78 is 0. The lowest BCUT2D eigenvalue weighted by molar-refractivity contribution is 0.450. The van der Waals surface area contributed by atoms with Crippen LogP contribution in [0.2, 0.25) is 0 Å². The van der Waals surface area contributed by atoms with Crippen molar-refractivity contribution in [3.8, 4) is 0 Å². The molecule has 2 aromatic rings. The molecule has 2 bridgehead atoms. The molecule has 0 spiro atoms. The van der Waals surface area contributed by atoms with Crippen LogP contribution < -0.4 is 4.90 Å². The second-order valence-electron chi connectivity index (χ2n) is 7.25. The van der Waals surface area contributed by atoms with Gasteiger partial charge in [-0.2, -0.15) is 0 Å². The van der Waals surface area contributed by atoms with Crippen LogP contribution in [-0.2, 0) is 11.0 Å². The van der Waals surface area contributed by atoms with Gasteiger partial charge in [-0.25, -0.2) is 0 Å². The first kappa shape index (κ1) is 12.9. The molecule has 0 amide bonds. The molecule has 1 heteroatoms. The molecule has 1 aliphatic carbocycles. The molecule has 0 aromatic heterocycles. The second kappa shape index (κ2) is 3.91. The van der Waals surface area contributed by atoms with E-state index in [1.54, 1.807) is 5.56 Å². The molecular formula is C20H23N. The molecular weight excluding hydrogens is 254 g/mol. The minimum absolute atomic E-state index is 0.122. The van der Waals surface area contributed by atoms with Gasteiger partial charge in [0.1, 0.15) is 0 Å². The van der Waals surface area contributed by atoms with Crippen molar-refractivity contribution in [3.05, 3.63) is 65.2 Å². The van der Waals surface area contributed by atoms with Crippen LogP contribution in [-0.4, -0.2) is 6.04 Å². The molecule has 0 radical (unpaired) electrons. The van der Waals surface area contributed by atoms with Crippen molar-refractivity contribution >= 4 is 5.69 Å². The lowest BCUT2D eigenvalue weighted by Gasteiger charge is -2.46. The van der Waals surface area contributed by atoms with Gasteiger partial charge < -0.3 is 4.90 Å². The first-order chi connectivity index (χ1) is 9.98. The van der Waals surface area contributed by atoms with E-state index in [0.29, 0.717) is 6.04 Å². The molecule has 1 aliphatic heterocycles. The molecule has 3 atom stereocenters. The van der Waals surface area contributed by atoms with E-state index in [-0.39, 0.29) is 11.0 Å². The average Bonchev–Trinajstić information content (AvgIpc) is 2.83. The first-order valence-corrected chi connectivity index (χ1v) is 7.93. The van der Waals surface area contributed by atoms with Crippen LogP contribution in [0.5, 0.6) is 0 Å². The molecule has 1 heterocycles. The largest absolute Gasteiger partial charge is 0.358 e. The first-order valence-electron chi connectivity index (χ1n) is 7.93. The van der Waals surface area contributed by atoms with E-state index in [2.05, 4.69) is 81.1 Å². The van der Waals surface area contributed by atoms with Crippen LogP contribution in [0.3, 0.4) is 0 Å². The van der Waals surface area contributed by atoms with E-state index in [1.165, 1.54) is 23.2 Å². The minimum Gasteiger partial charge on any atom is -0.358 e. The van der Waals surface area contributed by atoms with Gasteiger partial charge in [0.05, 0.1) is 5.54 Å². The van der Waals surface area contributed by atoms with Crippen molar-refractivity contribution in [2.24, 2.45) is 0 Å². The van der Waals surface area contributed by atoms with E-state index < -0.39 is 0 Å². The molecule has 0 saturated carbocycles. The summed E-state index contributed by atoms with van der Waals surface area (Å²) in [7, 11) is 0. The zero-order chi connectivity index (χ0) is 14.8. The summed E-state index contributed by atoms with van der Waals surface area (Å²) in [5.74, 6) is 0. The van der Waals surface area contributed by atoms with Crippen LogP contribution in [0, 0.1) is 6.92 Å². The van der Waals surface area contributed by atoms with Crippen LogP contribution in [0.4, 0.5) is 5.69 Å². The van der Waals surface area contributed by atoms with Crippen molar-refractivity contribution in [2.45, 2.75) is 51.1 Å². The predicted octanol–water partition coefficient (Wildman–Crippen LogP) is 4.78. The lowest BCUT2D eigenvalue weighted by Crippen LogP contribution is -2.48. The summed E-state index contributed by atoms with van der Waals surface area (Å²) in [5.41, 5.74) is 6.23. The summed E-state index contributed by atoms with van der Waals surface area (Å²) in [6.45, 7) is 9.49. The van der Waals surface area contributed by atoms with Crippen molar-refractivity contribution in [1.29, 1.82) is 0 Å². The molecule has 108 valence electrons. The van der Waals surface area contributed by atoms with E-state index in [9.17, 15) is 0 Å². The molecule has 1 saturated heterocycles. The Balaban J connectivity index is 1.96. The Kier molecular flexibility index (Phi) is 2.41. The van der Waals surface area contributed by atoms with Gasteiger partial charge in [0.25, 0.3) is 0 Å². The Bertz CT molecular complexity index is 719. The third-order valence-electron chi connectivity index (χ3n) is 6.05. The van der Waals surface area contributed by atoms with Gasteiger partial charge in [0.2, 0.25) is 0 Å². The molecule has 2 aromatic carbocycles. The molecule has 4 rings (SSSR count). The standard InChI is InChI=1S/C20H23N/c1-14-9-5-8-12-18(14)21-15(2)19(3)13-20(21,4)17-11-7-6-10-16(17)19/h5-12,15H,13H2,1-4H3. The van der Waals surface area contributed by atoms with E-state index >= 15 is 0 Å². The number of nitrogens with zero attached hydrogens (tertiary/aromatic N) is 1. The number of rotatable bonds is 1. The molecule has 2 aliphatic rings. The third kappa shape index (κ3) is 1.42. The number of fused-ring (bicyclic) bond motifs is 5. The van der Waals surface area contributed by atoms with Gasteiger partial charge in [-0.05, 0) is 49.9 Å². The Labute approximate surface area is 127 Å². The van der Waals surface area contributed by atoms with Gasteiger partial charge in [-0.15, -0.1) is 0 Å². The topological polar surface area (TPSA) is 3.24 Å². The highest BCUT2D eigenvalue weighted by Gasteiger charge is 2.61. The number of hydrogen-bond acceptors (Lipinski definition) is 1. The Morgan fingerprint density at radius 3 is 2.29 bits per heavy atom. The molecule has 21 heavy (non-hydrogen) atoms. The lowest BCUT2D eigenvalue weighted by atomic mass is 9.78.